The van der Waals surface area contributed by atoms with E-state index in [2.05, 4.69) is 13.8 Å². The van der Waals surface area contributed by atoms with Crippen molar-refractivity contribution in [2.75, 3.05) is 26.8 Å². The zero-order valence-corrected chi connectivity index (χ0v) is 13.5. The Bertz CT molecular complexity index is 288. The fourth-order valence-electron chi connectivity index (χ4n) is 3.18. The van der Waals surface area contributed by atoms with E-state index in [9.17, 15) is 4.79 Å². The molecule has 0 saturated heterocycles. The van der Waals surface area contributed by atoms with Crippen LogP contribution in [0.15, 0.2) is 0 Å². The molecule has 2 N–H and O–H groups in total. The van der Waals surface area contributed by atoms with Crippen LogP contribution in [-0.4, -0.2) is 43.7 Å². The molecular formula is C16H32N2O2. The van der Waals surface area contributed by atoms with Crippen LogP contribution >= 0.6 is 0 Å². The fraction of sp³-hybridized carbons (Fsp3) is 0.938. The molecule has 1 fully saturated rings. The van der Waals surface area contributed by atoms with Gasteiger partial charge in [-0.25, -0.2) is 0 Å². The van der Waals surface area contributed by atoms with Gasteiger partial charge in [-0.3, -0.25) is 4.79 Å². The minimum absolute atomic E-state index is 0.0497. The predicted molar refractivity (Wildman–Crippen MR) is 82.5 cm³/mol. The van der Waals surface area contributed by atoms with Gasteiger partial charge in [0.05, 0.1) is 6.61 Å². The first-order chi connectivity index (χ1) is 9.58. The smallest absolute Gasteiger partial charge is 0.223 e. The normalized spacial score (nSPS) is 19.6. The van der Waals surface area contributed by atoms with Crippen molar-refractivity contribution in [3.05, 3.63) is 0 Å². The lowest BCUT2D eigenvalue weighted by atomic mass is 9.71. The van der Waals surface area contributed by atoms with Crippen molar-refractivity contribution >= 4 is 5.91 Å². The first kappa shape index (κ1) is 17.4. The number of rotatable bonds is 8. The molecule has 4 heteroatoms. The maximum Gasteiger partial charge on any atom is 0.223 e. The third kappa shape index (κ3) is 4.74. The number of carbonyl (C=O) groups is 1. The molecule has 0 aromatic heterocycles. The molecule has 1 unspecified atom stereocenters. The van der Waals surface area contributed by atoms with Crippen LogP contribution in [0.5, 0.6) is 0 Å². The Morgan fingerprint density at radius 2 is 2.00 bits per heavy atom. The number of ether oxygens (including phenoxy) is 1. The summed E-state index contributed by atoms with van der Waals surface area (Å²) in [6.07, 6.45) is 7.51. The van der Waals surface area contributed by atoms with E-state index in [1.807, 2.05) is 4.90 Å². The summed E-state index contributed by atoms with van der Waals surface area (Å²) in [5, 5.41) is 0. The van der Waals surface area contributed by atoms with E-state index in [4.69, 9.17) is 10.5 Å². The molecule has 0 aromatic carbocycles. The Hall–Kier alpha value is -0.610. The zero-order valence-electron chi connectivity index (χ0n) is 13.5. The molecule has 0 heterocycles. The number of hydrogen-bond acceptors (Lipinski definition) is 3. The van der Waals surface area contributed by atoms with Gasteiger partial charge in [-0.2, -0.15) is 0 Å². The molecule has 118 valence electrons. The molecule has 1 aliphatic rings. The van der Waals surface area contributed by atoms with Gasteiger partial charge >= 0.3 is 0 Å². The van der Waals surface area contributed by atoms with Crippen LogP contribution in [0.2, 0.25) is 0 Å². The Morgan fingerprint density at radius 1 is 1.35 bits per heavy atom. The van der Waals surface area contributed by atoms with Crippen LogP contribution in [0.1, 0.15) is 58.8 Å². The molecule has 1 atom stereocenters. The number of hydrogen-bond donors (Lipinski definition) is 1. The molecule has 0 radical (unpaired) electrons. The van der Waals surface area contributed by atoms with Gasteiger partial charge in [0.1, 0.15) is 0 Å². The number of methoxy groups -OCH3 is 1. The minimum Gasteiger partial charge on any atom is -0.383 e. The lowest BCUT2D eigenvalue weighted by molar-refractivity contribution is -0.137. The van der Waals surface area contributed by atoms with E-state index in [-0.39, 0.29) is 17.4 Å². The van der Waals surface area contributed by atoms with E-state index in [0.717, 1.165) is 19.3 Å². The molecule has 20 heavy (non-hydrogen) atoms. The van der Waals surface area contributed by atoms with Crippen molar-refractivity contribution in [3.8, 4) is 0 Å². The standard InChI is InChI=1S/C16H32N2O2/c1-4-14(2)18(10-11-20-3)15(19)12-16(13-17)8-6-5-7-9-16/h14H,4-13,17H2,1-3H3. The Labute approximate surface area is 124 Å². The zero-order chi connectivity index (χ0) is 15.0. The van der Waals surface area contributed by atoms with Crippen molar-refractivity contribution in [3.63, 3.8) is 0 Å². The topological polar surface area (TPSA) is 55.6 Å². The molecule has 0 aliphatic heterocycles. The maximum atomic E-state index is 12.7. The highest BCUT2D eigenvalue weighted by Crippen LogP contribution is 2.38. The monoisotopic (exact) mass is 284 g/mol. The van der Waals surface area contributed by atoms with Gasteiger partial charge in [-0.1, -0.05) is 26.2 Å². The van der Waals surface area contributed by atoms with Crippen LogP contribution in [0, 0.1) is 5.41 Å². The van der Waals surface area contributed by atoms with E-state index >= 15 is 0 Å². The average molecular weight is 284 g/mol. The molecule has 1 aliphatic carbocycles. The molecule has 4 nitrogen and oxygen atoms in total. The lowest BCUT2D eigenvalue weighted by Gasteiger charge is -2.38. The van der Waals surface area contributed by atoms with Gasteiger partial charge in [0, 0.05) is 26.1 Å². The van der Waals surface area contributed by atoms with E-state index < -0.39 is 0 Å². The largest absolute Gasteiger partial charge is 0.383 e. The van der Waals surface area contributed by atoms with Crippen LogP contribution in [0.3, 0.4) is 0 Å². The van der Waals surface area contributed by atoms with Gasteiger partial charge in [-0.15, -0.1) is 0 Å². The Balaban J connectivity index is 2.67. The molecule has 0 aromatic rings. The summed E-state index contributed by atoms with van der Waals surface area (Å²) in [6.45, 7) is 6.16. The van der Waals surface area contributed by atoms with Gasteiger partial charge < -0.3 is 15.4 Å². The molecule has 1 rings (SSSR count). The van der Waals surface area contributed by atoms with Crippen molar-refractivity contribution in [1.82, 2.24) is 4.90 Å². The Morgan fingerprint density at radius 3 is 2.50 bits per heavy atom. The number of amides is 1. The minimum atomic E-state index is 0.0497. The number of nitrogens with zero attached hydrogens (tertiary/aromatic N) is 1. The van der Waals surface area contributed by atoms with Crippen LogP contribution in [0.4, 0.5) is 0 Å². The quantitative estimate of drug-likeness (QED) is 0.745. The van der Waals surface area contributed by atoms with E-state index in [1.165, 1.54) is 19.3 Å². The first-order valence-electron chi connectivity index (χ1n) is 8.07. The highest BCUT2D eigenvalue weighted by Gasteiger charge is 2.35. The summed E-state index contributed by atoms with van der Waals surface area (Å²) in [7, 11) is 1.68. The lowest BCUT2D eigenvalue weighted by Crippen LogP contribution is -2.45. The van der Waals surface area contributed by atoms with Crippen LogP contribution in [0.25, 0.3) is 0 Å². The highest BCUT2D eigenvalue weighted by molar-refractivity contribution is 5.77. The molecular weight excluding hydrogens is 252 g/mol. The number of nitrogens with two attached hydrogens (primary N) is 1. The third-order valence-corrected chi connectivity index (χ3v) is 4.85. The number of carbonyl (C=O) groups excluding carboxylic acids is 1. The van der Waals surface area contributed by atoms with Crippen molar-refractivity contribution < 1.29 is 9.53 Å². The second-order valence-electron chi connectivity index (χ2n) is 6.28. The maximum absolute atomic E-state index is 12.7. The summed E-state index contributed by atoms with van der Waals surface area (Å²) in [5.41, 5.74) is 6.05. The van der Waals surface area contributed by atoms with Crippen LogP contribution < -0.4 is 5.73 Å². The summed E-state index contributed by atoms with van der Waals surface area (Å²) in [4.78, 5) is 14.7. The summed E-state index contributed by atoms with van der Waals surface area (Å²) < 4.78 is 5.14. The van der Waals surface area contributed by atoms with Crippen molar-refractivity contribution in [2.24, 2.45) is 11.1 Å². The summed E-state index contributed by atoms with van der Waals surface area (Å²) in [5.74, 6) is 0.253. The van der Waals surface area contributed by atoms with E-state index in [0.29, 0.717) is 26.1 Å². The highest BCUT2D eigenvalue weighted by atomic mass is 16.5. The van der Waals surface area contributed by atoms with E-state index in [1.54, 1.807) is 7.11 Å². The SMILES string of the molecule is CCC(C)N(CCOC)C(=O)CC1(CN)CCCCC1. The summed E-state index contributed by atoms with van der Waals surface area (Å²) in [6, 6.07) is 0.274. The van der Waals surface area contributed by atoms with Crippen molar-refractivity contribution in [1.29, 1.82) is 0 Å². The van der Waals surface area contributed by atoms with Gasteiger partial charge in [0.15, 0.2) is 0 Å². The second kappa shape index (κ2) is 8.63. The van der Waals surface area contributed by atoms with Crippen molar-refractivity contribution in [2.45, 2.75) is 64.8 Å². The third-order valence-electron chi connectivity index (χ3n) is 4.85. The van der Waals surface area contributed by atoms with Gasteiger partial charge in [0.25, 0.3) is 0 Å². The van der Waals surface area contributed by atoms with Gasteiger partial charge in [-0.05, 0) is 38.1 Å². The molecule has 0 bridgehead atoms. The van der Waals surface area contributed by atoms with Gasteiger partial charge in [0.2, 0.25) is 5.91 Å². The average Bonchev–Trinajstić information content (AvgIpc) is 2.48. The Kier molecular flexibility index (Phi) is 7.52. The first-order valence-corrected chi connectivity index (χ1v) is 8.07. The summed E-state index contributed by atoms with van der Waals surface area (Å²) >= 11 is 0. The molecule has 0 spiro atoms. The molecule has 1 amide bonds. The van der Waals surface area contributed by atoms with Crippen LogP contribution in [-0.2, 0) is 9.53 Å². The fourth-order valence-corrected chi connectivity index (χ4v) is 3.18. The second-order valence-corrected chi connectivity index (χ2v) is 6.28. The molecule has 1 saturated carbocycles. The predicted octanol–water partition coefficient (Wildman–Crippen LogP) is 2.56.